The van der Waals surface area contributed by atoms with Gasteiger partial charge >= 0.3 is 0 Å². The fraction of sp³-hybridized carbons (Fsp3) is 0.143. The zero-order valence-electron chi connectivity index (χ0n) is 13.2. The van der Waals surface area contributed by atoms with Gasteiger partial charge in [0.25, 0.3) is 0 Å². The Balaban J connectivity index is 1.96. The number of hydrogen-bond acceptors (Lipinski definition) is 2. The second-order valence-corrected chi connectivity index (χ2v) is 5.57. The normalized spacial score (nSPS) is 10.5. The summed E-state index contributed by atoms with van der Waals surface area (Å²) < 4.78 is 0. The molecule has 2 N–H and O–H groups in total. The minimum absolute atomic E-state index is 0.738. The third-order valence-corrected chi connectivity index (χ3v) is 3.89. The molecule has 0 aliphatic heterocycles. The lowest BCUT2D eigenvalue weighted by atomic mass is 10.1. The fourth-order valence-corrected chi connectivity index (χ4v) is 2.72. The van der Waals surface area contributed by atoms with Crippen LogP contribution in [-0.4, -0.2) is 6.54 Å². The number of nitrogens with two attached hydrogens (primary N) is 1. The Morgan fingerprint density at radius 1 is 0.609 bits per heavy atom. The van der Waals surface area contributed by atoms with Gasteiger partial charge in [-0.15, -0.1) is 0 Å². The van der Waals surface area contributed by atoms with E-state index in [0.717, 1.165) is 30.8 Å². The summed E-state index contributed by atoms with van der Waals surface area (Å²) in [7, 11) is 0. The first-order valence-corrected chi connectivity index (χ1v) is 8.08. The van der Waals surface area contributed by atoms with E-state index in [2.05, 4.69) is 77.7 Å². The largest absolute Gasteiger partial charge is 0.330 e. The van der Waals surface area contributed by atoms with Gasteiger partial charge in [-0.2, -0.15) is 0 Å². The Hall–Kier alpha value is -2.58. The molecule has 0 unspecified atom stereocenters. The van der Waals surface area contributed by atoms with Crippen LogP contribution in [0.5, 0.6) is 0 Å². The molecule has 3 aromatic rings. The zero-order valence-corrected chi connectivity index (χ0v) is 13.2. The molecular weight excluding hydrogens is 280 g/mol. The van der Waals surface area contributed by atoms with Crippen LogP contribution in [0.25, 0.3) is 0 Å². The van der Waals surface area contributed by atoms with E-state index in [1.165, 1.54) is 11.3 Å². The summed E-state index contributed by atoms with van der Waals surface area (Å²) >= 11 is 0. The predicted octanol–water partition coefficient (Wildman–Crippen LogP) is 5.05. The van der Waals surface area contributed by atoms with Crippen LogP contribution in [0.15, 0.2) is 84.9 Å². The molecule has 3 aromatic carbocycles. The van der Waals surface area contributed by atoms with Gasteiger partial charge in [0.1, 0.15) is 0 Å². The van der Waals surface area contributed by atoms with Crippen molar-refractivity contribution < 1.29 is 0 Å². The summed E-state index contributed by atoms with van der Waals surface area (Å²) in [5.74, 6) is 0. The van der Waals surface area contributed by atoms with E-state index in [9.17, 15) is 0 Å². The number of hydrogen-bond donors (Lipinski definition) is 1. The average molecular weight is 302 g/mol. The van der Waals surface area contributed by atoms with E-state index >= 15 is 0 Å². The molecule has 0 spiro atoms. The van der Waals surface area contributed by atoms with Gasteiger partial charge in [0.15, 0.2) is 0 Å². The van der Waals surface area contributed by atoms with Crippen LogP contribution in [0.4, 0.5) is 17.1 Å². The molecule has 3 rings (SSSR count). The highest BCUT2D eigenvalue weighted by atomic mass is 15.1. The maximum atomic E-state index is 5.60. The van der Waals surface area contributed by atoms with Crippen molar-refractivity contribution in [3.05, 3.63) is 90.5 Å². The van der Waals surface area contributed by atoms with E-state index in [0.29, 0.717) is 0 Å². The van der Waals surface area contributed by atoms with Gasteiger partial charge in [-0.1, -0.05) is 48.5 Å². The Morgan fingerprint density at radius 2 is 1.09 bits per heavy atom. The lowest BCUT2D eigenvalue weighted by Crippen LogP contribution is -2.09. The molecule has 0 amide bonds. The fourth-order valence-electron chi connectivity index (χ4n) is 2.72. The van der Waals surface area contributed by atoms with Gasteiger partial charge in [0.2, 0.25) is 0 Å². The summed E-state index contributed by atoms with van der Waals surface area (Å²) in [5.41, 5.74) is 10.4. The van der Waals surface area contributed by atoms with Crippen molar-refractivity contribution in [2.24, 2.45) is 5.73 Å². The van der Waals surface area contributed by atoms with Gasteiger partial charge in [-0.25, -0.2) is 0 Å². The molecule has 0 aliphatic rings. The number of anilines is 3. The van der Waals surface area contributed by atoms with Crippen LogP contribution >= 0.6 is 0 Å². The molecule has 2 nitrogen and oxygen atoms in total. The smallest absolute Gasteiger partial charge is 0.0461 e. The summed E-state index contributed by atoms with van der Waals surface area (Å²) in [4.78, 5) is 2.27. The molecule has 0 saturated carbocycles. The van der Waals surface area contributed by atoms with E-state index < -0.39 is 0 Å². The highest BCUT2D eigenvalue weighted by Crippen LogP contribution is 2.34. The van der Waals surface area contributed by atoms with Crippen molar-refractivity contribution in [1.82, 2.24) is 0 Å². The standard InChI is InChI=1S/C21H22N2/c22-17-7-8-18-13-15-21(16-14-18)23(19-9-3-1-4-10-19)20-11-5-2-6-12-20/h1-6,9-16H,7-8,17,22H2. The molecule has 0 bridgehead atoms. The van der Waals surface area contributed by atoms with E-state index in [1.54, 1.807) is 0 Å². The van der Waals surface area contributed by atoms with Gasteiger partial charge in [-0.3, -0.25) is 0 Å². The van der Waals surface area contributed by atoms with Crippen LogP contribution in [0.1, 0.15) is 12.0 Å². The first kappa shape index (κ1) is 15.3. The van der Waals surface area contributed by atoms with Crippen molar-refractivity contribution in [1.29, 1.82) is 0 Å². The minimum Gasteiger partial charge on any atom is -0.330 e. The minimum atomic E-state index is 0.738. The number of benzene rings is 3. The van der Waals surface area contributed by atoms with Gasteiger partial charge in [-0.05, 0) is 61.3 Å². The lowest BCUT2D eigenvalue weighted by molar-refractivity contribution is 0.832. The van der Waals surface area contributed by atoms with Crippen LogP contribution in [0, 0.1) is 0 Å². The third-order valence-electron chi connectivity index (χ3n) is 3.89. The van der Waals surface area contributed by atoms with Gasteiger partial charge < -0.3 is 10.6 Å². The number of rotatable bonds is 6. The van der Waals surface area contributed by atoms with Crippen LogP contribution in [-0.2, 0) is 6.42 Å². The maximum absolute atomic E-state index is 5.60. The first-order chi connectivity index (χ1) is 11.4. The zero-order chi connectivity index (χ0) is 15.9. The highest BCUT2D eigenvalue weighted by molar-refractivity contribution is 5.76. The molecular formula is C21H22N2. The van der Waals surface area contributed by atoms with Crippen molar-refractivity contribution in [2.45, 2.75) is 12.8 Å². The summed E-state index contributed by atoms with van der Waals surface area (Å²) in [6.45, 7) is 0.738. The summed E-state index contributed by atoms with van der Waals surface area (Å²) in [6, 6.07) is 29.7. The molecule has 0 aromatic heterocycles. The molecule has 0 heterocycles. The topological polar surface area (TPSA) is 29.3 Å². The SMILES string of the molecule is NCCCc1ccc(N(c2ccccc2)c2ccccc2)cc1. The third kappa shape index (κ3) is 3.79. The van der Waals surface area contributed by atoms with E-state index in [-0.39, 0.29) is 0 Å². The van der Waals surface area contributed by atoms with Crippen LogP contribution in [0.3, 0.4) is 0 Å². The summed E-state index contributed by atoms with van der Waals surface area (Å²) in [5, 5.41) is 0. The Kier molecular flexibility index (Phi) is 5.07. The second kappa shape index (κ2) is 7.61. The molecule has 23 heavy (non-hydrogen) atoms. The van der Waals surface area contributed by atoms with Gasteiger partial charge in [0.05, 0.1) is 0 Å². The Bertz CT molecular complexity index is 666. The number of para-hydroxylation sites is 2. The Labute approximate surface area is 138 Å². The van der Waals surface area contributed by atoms with Crippen molar-refractivity contribution in [3.63, 3.8) is 0 Å². The molecule has 0 atom stereocenters. The molecule has 0 aliphatic carbocycles. The average Bonchev–Trinajstić information content (AvgIpc) is 2.63. The van der Waals surface area contributed by atoms with Gasteiger partial charge in [0, 0.05) is 17.1 Å². The quantitative estimate of drug-likeness (QED) is 0.690. The molecule has 2 heteroatoms. The van der Waals surface area contributed by atoms with Crippen LogP contribution in [0.2, 0.25) is 0 Å². The number of aryl methyl sites for hydroxylation is 1. The van der Waals surface area contributed by atoms with Crippen molar-refractivity contribution in [2.75, 3.05) is 11.4 Å². The van der Waals surface area contributed by atoms with Crippen molar-refractivity contribution >= 4 is 17.1 Å². The molecule has 116 valence electrons. The number of nitrogens with zero attached hydrogens (tertiary/aromatic N) is 1. The summed E-state index contributed by atoms with van der Waals surface area (Å²) in [6.07, 6.45) is 2.06. The van der Waals surface area contributed by atoms with Crippen molar-refractivity contribution in [3.8, 4) is 0 Å². The Morgan fingerprint density at radius 3 is 1.57 bits per heavy atom. The molecule has 0 fully saturated rings. The first-order valence-electron chi connectivity index (χ1n) is 8.08. The monoisotopic (exact) mass is 302 g/mol. The molecule has 0 saturated heterocycles. The predicted molar refractivity (Wildman–Crippen MR) is 98.5 cm³/mol. The highest BCUT2D eigenvalue weighted by Gasteiger charge is 2.11. The second-order valence-electron chi connectivity index (χ2n) is 5.57. The molecule has 0 radical (unpaired) electrons. The lowest BCUT2D eigenvalue weighted by Gasteiger charge is -2.25. The van der Waals surface area contributed by atoms with Crippen LogP contribution < -0.4 is 10.6 Å². The van der Waals surface area contributed by atoms with E-state index in [4.69, 9.17) is 5.73 Å². The van der Waals surface area contributed by atoms with E-state index in [1.807, 2.05) is 12.1 Å². The maximum Gasteiger partial charge on any atom is 0.0461 e.